The highest BCUT2D eigenvalue weighted by Crippen LogP contribution is 2.49. The van der Waals surface area contributed by atoms with Crippen LogP contribution in [0.15, 0.2) is 206 Å². The van der Waals surface area contributed by atoms with Gasteiger partial charge in [-0.1, -0.05) is 194 Å². The second-order valence-electron chi connectivity index (χ2n) is 14.4. The number of benzene rings is 11. The third-order valence-corrected chi connectivity index (χ3v) is 11.4. The van der Waals surface area contributed by atoms with E-state index >= 15 is 0 Å². The van der Waals surface area contributed by atoms with Crippen LogP contribution in [0.1, 0.15) is 0 Å². The highest BCUT2D eigenvalue weighted by Gasteiger charge is 2.22. The van der Waals surface area contributed by atoms with E-state index in [4.69, 9.17) is 0 Å². The first kappa shape index (κ1) is 30.6. The van der Waals surface area contributed by atoms with Gasteiger partial charge < -0.3 is 0 Å². The Morgan fingerprint density at radius 2 is 0.630 bits per heavy atom. The molecule has 0 nitrogen and oxygen atoms in total. The van der Waals surface area contributed by atoms with Crippen molar-refractivity contribution in [1.82, 2.24) is 0 Å². The summed E-state index contributed by atoms with van der Waals surface area (Å²) in [6.45, 7) is 0. The minimum Gasteiger partial charge on any atom is -0.0622 e. The summed E-state index contributed by atoms with van der Waals surface area (Å²) in [5.41, 5.74) is 10.0. The molecule has 0 fully saturated rings. The molecule has 0 saturated heterocycles. The van der Waals surface area contributed by atoms with Crippen LogP contribution < -0.4 is 0 Å². The van der Waals surface area contributed by atoms with Gasteiger partial charge in [0, 0.05) is 0 Å². The average Bonchev–Trinajstić information content (AvgIpc) is 3.25. The molecule has 0 atom stereocenters. The molecule has 0 heterocycles. The Kier molecular flexibility index (Phi) is 6.97. The summed E-state index contributed by atoms with van der Waals surface area (Å²) in [5.74, 6) is 0. The van der Waals surface area contributed by atoms with Gasteiger partial charge in [0.1, 0.15) is 0 Å². The molecule has 11 aromatic rings. The molecule has 11 aromatic carbocycles. The van der Waals surface area contributed by atoms with Crippen LogP contribution in [0.3, 0.4) is 0 Å². The Bertz CT molecular complexity index is 3240. The van der Waals surface area contributed by atoms with Gasteiger partial charge in [0.25, 0.3) is 0 Å². The topological polar surface area (TPSA) is 0 Å². The fraction of sp³-hybridized carbons (Fsp3) is 0. The van der Waals surface area contributed by atoms with Crippen molar-refractivity contribution in [2.24, 2.45) is 0 Å². The van der Waals surface area contributed by atoms with E-state index in [1.54, 1.807) is 0 Å². The Labute approximate surface area is 314 Å². The van der Waals surface area contributed by atoms with Gasteiger partial charge in [0.15, 0.2) is 0 Å². The van der Waals surface area contributed by atoms with Crippen LogP contribution in [-0.2, 0) is 0 Å². The van der Waals surface area contributed by atoms with E-state index in [1.165, 1.54) is 109 Å². The summed E-state index contributed by atoms with van der Waals surface area (Å²) >= 11 is 0. The Morgan fingerprint density at radius 1 is 0.185 bits per heavy atom. The van der Waals surface area contributed by atoms with Crippen molar-refractivity contribution in [3.05, 3.63) is 206 Å². The van der Waals surface area contributed by atoms with Gasteiger partial charge in [0.05, 0.1) is 0 Å². The summed E-state index contributed by atoms with van der Waals surface area (Å²) in [7, 11) is 0. The zero-order valence-corrected chi connectivity index (χ0v) is 29.6. The molecule has 0 bridgehead atoms. The Morgan fingerprint density at radius 3 is 1.31 bits per heavy atom. The van der Waals surface area contributed by atoms with Crippen LogP contribution in [0.25, 0.3) is 109 Å². The van der Waals surface area contributed by atoms with Crippen molar-refractivity contribution in [2.45, 2.75) is 0 Å². The van der Waals surface area contributed by atoms with E-state index in [9.17, 15) is 0 Å². The number of hydrogen-bond acceptors (Lipinski definition) is 0. The maximum Gasteiger partial charge on any atom is -0.00141 e. The first-order chi connectivity index (χ1) is 26.8. The predicted molar refractivity (Wildman–Crippen MR) is 233 cm³/mol. The Balaban J connectivity index is 1.29. The first-order valence-electron chi connectivity index (χ1n) is 18.8. The molecule has 0 aliphatic carbocycles. The summed E-state index contributed by atoms with van der Waals surface area (Å²) in [4.78, 5) is 0. The normalized spacial score (nSPS) is 11.7. The van der Waals surface area contributed by atoms with Crippen molar-refractivity contribution >= 4 is 64.6 Å². The molecular weight excluding hydrogens is 649 g/mol. The van der Waals surface area contributed by atoms with Crippen molar-refractivity contribution in [1.29, 1.82) is 0 Å². The molecular formula is C54H34. The number of fused-ring (bicyclic) bond motifs is 8. The van der Waals surface area contributed by atoms with E-state index in [0.29, 0.717) is 0 Å². The average molecular weight is 683 g/mol. The second kappa shape index (κ2) is 12.3. The van der Waals surface area contributed by atoms with Crippen LogP contribution in [0.5, 0.6) is 0 Å². The molecule has 0 spiro atoms. The monoisotopic (exact) mass is 682 g/mol. The lowest BCUT2D eigenvalue weighted by atomic mass is 9.81. The molecule has 0 aliphatic rings. The van der Waals surface area contributed by atoms with Gasteiger partial charge in [-0.05, 0) is 121 Å². The molecule has 250 valence electrons. The van der Waals surface area contributed by atoms with Gasteiger partial charge in [-0.3, -0.25) is 0 Å². The minimum absolute atomic E-state index is 1.22. The highest BCUT2D eigenvalue weighted by molar-refractivity contribution is 6.29. The molecule has 0 aliphatic heterocycles. The SMILES string of the molecule is c1ccc(-c2c(-c3ccccc3)c3ccc(-c4c5ccccc5c(-c5ccc6ccccc6c5)c5ccc6ccccc6c45)cc3c3ccccc23)cc1. The number of hydrogen-bond donors (Lipinski definition) is 0. The lowest BCUT2D eigenvalue weighted by Crippen LogP contribution is -1.94. The van der Waals surface area contributed by atoms with E-state index in [-0.39, 0.29) is 0 Å². The predicted octanol–water partition coefficient (Wildman–Crippen LogP) is 15.3. The first-order valence-corrected chi connectivity index (χ1v) is 18.8. The lowest BCUT2D eigenvalue weighted by Gasteiger charge is -2.21. The lowest BCUT2D eigenvalue weighted by molar-refractivity contribution is 1.62. The van der Waals surface area contributed by atoms with E-state index in [1.807, 2.05) is 0 Å². The zero-order valence-electron chi connectivity index (χ0n) is 29.6. The van der Waals surface area contributed by atoms with Gasteiger partial charge in [0.2, 0.25) is 0 Å². The molecule has 0 heteroatoms. The maximum absolute atomic E-state index is 2.47. The second-order valence-corrected chi connectivity index (χ2v) is 14.4. The van der Waals surface area contributed by atoms with E-state index in [0.717, 1.165) is 0 Å². The quantitative estimate of drug-likeness (QED) is 0.128. The highest BCUT2D eigenvalue weighted by atomic mass is 14.2. The summed E-state index contributed by atoms with van der Waals surface area (Å²) < 4.78 is 0. The molecule has 54 heavy (non-hydrogen) atoms. The van der Waals surface area contributed by atoms with Crippen molar-refractivity contribution < 1.29 is 0 Å². The van der Waals surface area contributed by atoms with Crippen LogP contribution in [0.4, 0.5) is 0 Å². The molecule has 11 rings (SSSR count). The van der Waals surface area contributed by atoms with Crippen LogP contribution in [0, 0.1) is 0 Å². The van der Waals surface area contributed by atoms with E-state index in [2.05, 4.69) is 206 Å². The fourth-order valence-electron chi connectivity index (χ4n) is 9.06. The third kappa shape index (κ3) is 4.71. The molecule has 0 unspecified atom stereocenters. The van der Waals surface area contributed by atoms with Crippen LogP contribution in [0.2, 0.25) is 0 Å². The van der Waals surface area contributed by atoms with Crippen molar-refractivity contribution in [3.8, 4) is 44.5 Å². The molecule has 0 aromatic heterocycles. The van der Waals surface area contributed by atoms with Crippen molar-refractivity contribution in [2.75, 3.05) is 0 Å². The van der Waals surface area contributed by atoms with Crippen LogP contribution >= 0.6 is 0 Å². The van der Waals surface area contributed by atoms with Gasteiger partial charge in [-0.25, -0.2) is 0 Å². The van der Waals surface area contributed by atoms with Crippen molar-refractivity contribution in [3.63, 3.8) is 0 Å². The third-order valence-electron chi connectivity index (χ3n) is 11.4. The summed E-state index contributed by atoms with van der Waals surface area (Å²) in [6.07, 6.45) is 0. The molecule has 0 amide bonds. The van der Waals surface area contributed by atoms with Gasteiger partial charge in [-0.2, -0.15) is 0 Å². The standard InChI is InChI=1S/C54H34/c1-3-17-37(18-4-1)51-44-24-12-11-23-43(44)49-34-41(30-31-47(49)52(51)38-19-5-2-6-20-38)53-46-26-14-13-25-45(46)50(40-28-27-35-15-7-8-21-39(35)33-40)48-32-29-36-16-9-10-22-42(36)54(48)53/h1-34H. The molecule has 0 N–H and O–H groups in total. The van der Waals surface area contributed by atoms with E-state index < -0.39 is 0 Å². The minimum atomic E-state index is 1.22. The smallest absolute Gasteiger partial charge is 0.00141 e. The largest absolute Gasteiger partial charge is 0.0622 e. The maximum atomic E-state index is 2.47. The summed E-state index contributed by atoms with van der Waals surface area (Å²) in [6, 6.07) is 76.1. The number of rotatable bonds is 4. The fourth-order valence-corrected chi connectivity index (χ4v) is 9.06. The molecule has 0 radical (unpaired) electrons. The van der Waals surface area contributed by atoms with Gasteiger partial charge in [-0.15, -0.1) is 0 Å². The molecule has 0 saturated carbocycles. The Hall–Kier alpha value is -7.02. The zero-order chi connectivity index (χ0) is 35.6. The van der Waals surface area contributed by atoms with Crippen LogP contribution in [-0.4, -0.2) is 0 Å². The summed E-state index contributed by atoms with van der Waals surface area (Å²) in [5, 5.41) is 15.2. The van der Waals surface area contributed by atoms with Gasteiger partial charge >= 0.3 is 0 Å².